The summed E-state index contributed by atoms with van der Waals surface area (Å²) >= 11 is 2.12. The standard InChI is InChI=1S/C20H19NO5.C13H12INO4/c1-13-15(10-19(26-13)20(22)24-3)12-25-17-8-9-18(21-11-17)14-4-6-16(23-2)7-5-14;1-8-9(5-11(19-8)13(16)17-2)7-18-10-3-4-12(14)15-6-10/h4-11H,12H2,1-3H3;3-6H,7H2,1-2H3. The van der Waals surface area contributed by atoms with Crippen LogP contribution < -0.4 is 14.2 Å². The van der Waals surface area contributed by atoms with Crippen LogP contribution in [0.25, 0.3) is 11.3 Å². The monoisotopic (exact) mass is 726 g/mol. The van der Waals surface area contributed by atoms with Gasteiger partial charge in [0.25, 0.3) is 0 Å². The molecular weight excluding hydrogens is 695 g/mol. The summed E-state index contributed by atoms with van der Waals surface area (Å²) in [6, 6.07) is 18.4. The molecule has 1 aromatic carbocycles. The molecule has 0 unspecified atom stereocenters. The first-order chi connectivity index (χ1) is 21.7. The zero-order chi connectivity index (χ0) is 32.3. The summed E-state index contributed by atoms with van der Waals surface area (Å²) in [7, 11) is 4.26. The lowest BCUT2D eigenvalue weighted by Gasteiger charge is -2.07. The number of benzene rings is 1. The van der Waals surface area contributed by atoms with Gasteiger partial charge in [-0.3, -0.25) is 4.98 Å². The molecule has 12 heteroatoms. The van der Waals surface area contributed by atoms with Crippen LogP contribution in [0.3, 0.4) is 0 Å². The van der Waals surface area contributed by atoms with Gasteiger partial charge in [0.15, 0.2) is 0 Å². The number of furan rings is 2. The third-order valence-electron chi connectivity index (χ3n) is 6.43. The Balaban J connectivity index is 0.000000215. The second kappa shape index (κ2) is 15.7. The molecule has 0 aliphatic carbocycles. The first kappa shape index (κ1) is 33.1. The summed E-state index contributed by atoms with van der Waals surface area (Å²) in [5.41, 5.74) is 3.42. The molecule has 0 bridgehead atoms. The number of ether oxygens (including phenoxy) is 5. The van der Waals surface area contributed by atoms with E-state index in [-0.39, 0.29) is 18.1 Å². The fraction of sp³-hybridized carbons (Fsp3) is 0.212. The lowest BCUT2D eigenvalue weighted by molar-refractivity contribution is 0.0556. The number of aryl methyl sites for hydroxylation is 2. The fourth-order valence-electron chi connectivity index (χ4n) is 3.90. The molecule has 11 nitrogen and oxygen atoms in total. The average Bonchev–Trinajstić information content (AvgIpc) is 3.64. The van der Waals surface area contributed by atoms with Crippen molar-refractivity contribution in [2.75, 3.05) is 21.3 Å². The number of aromatic nitrogens is 2. The van der Waals surface area contributed by atoms with Crippen molar-refractivity contribution in [1.29, 1.82) is 0 Å². The number of esters is 2. The molecule has 5 aromatic rings. The minimum Gasteiger partial charge on any atom is -0.497 e. The van der Waals surface area contributed by atoms with Crippen molar-refractivity contribution >= 4 is 34.5 Å². The van der Waals surface area contributed by atoms with Crippen LogP contribution in [0.1, 0.15) is 43.8 Å². The normalized spacial score (nSPS) is 10.4. The summed E-state index contributed by atoms with van der Waals surface area (Å²) in [5, 5.41) is 0. The van der Waals surface area contributed by atoms with E-state index in [0.29, 0.717) is 29.6 Å². The summed E-state index contributed by atoms with van der Waals surface area (Å²) in [6.07, 6.45) is 3.31. The van der Waals surface area contributed by atoms with E-state index in [1.54, 1.807) is 45.5 Å². The highest BCUT2D eigenvalue weighted by Crippen LogP contribution is 2.24. The average molecular weight is 727 g/mol. The smallest absolute Gasteiger partial charge is 0.373 e. The van der Waals surface area contributed by atoms with Gasteiger partial charge < -0.3 is 32.5 Å². The molecule has 0 spiro atoms. The van der Waals surface area contributed by atoms with Gasteiger partial charge in [-0.05, 0) is 97.1 Å². The molecule has 0 saturated carbocycles. The third-order valence-corrected chi connectivity index (χ3v) is 7.06. The van der Waals surface area contributed by atoms with Gasteiger partial charge in [-0.1, -0.05) is 0 Å². The predicted molar refractivity (Wildman–Crippen MR) is 171 cm³/mol. The van der Waals surface area contributed by atoms with E-state index in [2.05, 4.69) is 42.0 Å². The molecule has 234 valence electrons. The molecule has 5 rings (SSSR count). The number of halogens is 1. The van der Waals surface area contributed by atoms with E-state index >= 15 is 0 Å². The van der Waals surface area contributed by atoms with Crippen molar-refractivity contribution in [1.82, 2.24) is 9.97 Å². The van der Waals surface area contributed by atoms with Crippen LogP contribution in [-0.4, -0.2) is 43.2 Å². The zero-order valence-electron chi connectivity index (χ0n) is 25.3. The van der Waals surface area contributed by atoms with E-state index in [0.717, 1.165) is 31.8 Å². The molecule has 0 saturated heterocycles. The van der Waals surface area contributed by atoms with Crippen molar-refractivity contribution in [2.45, 2.75) is 27.1 Å². The first-order valence-corrected chi connectivity index (χ1v) is 14.6. The molecule has 0 fully saturated rings. The Morgan fingerprint density at radius 2 is 1.18 bits per heavy atom. The molecular formula is C33H31IN2O9. The van der Waals surface area contributed by atoms with Crippen molar-refractivity contribution in [3.8, 4) is 28.5 Å². The minimum absolute atomic E-state index is 0.163. The zero-order valence-corrected chi connectivity index (χ0v) is 27.4. The highest BCUT2D eigenvalue weighted by atomic mass is 127. The van der Waals surface area contributed by atoms with Crippen molar-refractivity contribution < 1.29 is 42.1 Å². The van der Waals surface area contributed by atoms with E-state index in [1.165, 1.54) is 14.2 Å². The van der Waals surface area contributed by atoms with Crippen LogP contribution >= 0.6 is 22.6 Å². The Hall–Kier alpha value is -4.85. The van der Waals surface area contributed by atoms with Gasteiger partial charge in [0, 0.05) is 16.7 Å². The van der Waals surface area contributed by atoms with Crippen LogP contribution in [0.2, 0.25) is 0 Å². The minimum atomic E-state index is -0.509. The van der Waals surface area contributed by atoms with Gasteiger partial charge in [-0.15, -0.1) is 0 Å². The lowest BCUT2D eigenvalue weighted by atomic mass is 10.1. The lowest BCUT2D eigenvalue weighted by Crippen LogP contribution is -1.99. The van der Waals surface area contributed by atoms with Crippen LogP contribution in [0.4, 0.5) is 0 Å². The second-order valence-electron chi connectivity index (χ2n) is 9.37. The Labute approximate surface area is 273 Å². The topological polar surface area (TPSA) is 132 Å². The van der Waals surface area contributed by atoms with Gasteiger partial charge in [0.2, 0.25) is 11.5 Å². The second-order valence-corrected chi connectivity index (χ2v) is 10.5. The number of rotatable bonds is 10. The summed E-state index contributed by atoms with van der Waals surface area (Å²) in [5.74, 6) is 2.69. The number of carbonyl (C=O) groups excluding carboxylic acids is 2. The molecule has 0 radical (unpaired) electrons. The van der Waals surface area contributed by atoms with Gasteiger partial charge in [0.05, 0.1) is 39.4 Å². The van der Waals surface area contributed by atoms with Gasteiger partial charge >= 0.3 is 11.9 Å². The van der Waals surface area contributed by atoms with Gasteiger partial charge in [-0.2, -0.15) is 0 Å². The maximum absolute atomic E-state index is 11.5. The number of carbonyl (C=O) groups is 2. The molecule has 0 aliphatic heterocycles. The van der Waals surface area contributed by atoms with Crippen molar-refractivity contribution in [3.63, 3.8) is 0 Å². The van der Waals surface area contributed by atoms with Crippen LogP contribution in [0.5, 0.6) is 17.2 Å². The van der Waals surface area contributed by atoms with Crippen LogP contribution in [0.15, 0.2) is 81.9 Å². The number of nitrogens with zero attached hydrogens (tertiary/aromatic N) is 2. The third kappa shape index (κ3) is 9.08. The van der Waals surface area contributed by atoms with E-state index in [1.807, 2.05) is 48.5 Å². The predicted octanol–water partition coefficient (Wildman–Crippen LogP) is 6.98. The van der Waals surface area contributed by atoms with Crippen LogP contribution in [-0.2, 0) is 22.7 Å². The summed E-state index contributed by atoms with van der Waals surface area (Å²) < 4.78 is 37.3. The molecule has 0 N–H and O–H groups in total. The van der Waals surface area contributed by atoms with E-state index in [4.69, 9.17) is 23.0 Å². The molecule has 4 aromatic heterocycles. The SMILES string of the molecule is COC(=O)c1cc(COc2ccc(-c3ccc(OC)cc3)nc2)c(C)o1.COC(=O)c1cc(COc2ccc(I)nc2)c(C)o1. The van der Waals surface area contributed by atoms with Crippen LogP contribution in [0, 0.1) is 17.5 Å². The number of methoxy groups -OCH3 is 3. The highest BCUT2D eigenvalue weighted by molar-refractivity contribution is 14.1. The van der Waals surface area contributed by atoms with E-state index < -0.39 is 11.9 Å². The number of hydrogen-bond donors (Lipinski definition) is 0. The van der Waals surface area contributed by atoms with Crippen molar-refractivity contribution in [3.05, 3.63) is 111 Å². The highest BCUT2D eigenvalue weighted by Gasteiger charge is 2.16. The molecule has 45 heavy (non-hydrogen) atoms. The number of hydrogen-bond acceptors (Lipinski definition) is 11. The molecule has 0 amide bonds. The Kier molecular flexibility index (Phi) is 11.6. The maximum Gasteiger partial charge on any atom is 0.373 e. The van der Waals surface area contributed by atoms with E-state index in [9.17, 15) is 9.59 Å². The maximum atomic E-state index is 11.5. The summed E-state index contributed by atoms with van der Waals surface area (Å²) in [4.78, 5) is 31.4. The Morgan fingerprint density at radius 3 is 1.60 bits per heavy atom. The molecule has 0 aliphatic rings. The van der Waals surface area contributed by atoms with Gasteiger partial charge in [-0.25, -0.2) is 14.6 Å². The Morgan fingerprint density at radius 1 is 0.689 bits per heavy atom. The Bertz CT molecular complexity index is 1710. The quantitative estimate of drug-likeness (QED) is 0.0839. The van der Waals surface area contributed by atoms with Gasteiger partial charge in [0.1, 0.15) is 45.7 Å². The first-order valence-electron chi connectivity index (χ1n) is 13.5. The fourth-order valence-corrected chi connectivity index (χ4v) is 4.22. The largest absolute Gasteiger partial charge is 0.497 e. The molecule has 4 heterocycles. The summed E-state index contributed by atoms with van der Waals surface area (Å²) in [6.45, 7) is 4.14. The molecule has 0 atom stereocenters. The van der Waals surface area contributed by atoms with Crippen molar-refractivity contribution in [2.24, 2.45) is 0 Å². The number of pyridine rings is 2.